The van der Waals surface area contributed by atoms with E-state index in [9.17, 15) is 34.9 Å². The van der Waals surface area contributed by atoms with Gasteiger partial charge in [0.25, 0.3) is 0 Å². The van der Waals surface area contributed by atoms with E-state index in [1.54, 1.807) is 0 Å². The maximum absolute atomic E-state index is 12.4. The van der Waals surface area contributed by atoms with Gasteiger partial charge in [0.05, 0.1) is 0 Å². The third-order valence-electron chi connectivity index (χ3n) is 3.99. The molecule has 2 N–H and O–H groups in total. The Bertz CT molecular complexity index is 733. The van der Waals surface area contributed by atoms with Crippen LogP contribution in [0.3, 0.4) is 0 Å². The van der Waals surface area contributed by atoms with Crippen molar-refractivity contribution in [2.45, 2.75) is 12.8 Å². The summed E-state index contributed by atoms with van der Waals surface area (Å²) in [6.45, 7) is 0. The molecule has 0 fully saturated rings. The van der Waals surface area contributed by atoms with E-state index >= 15 is 0 Å². The molecular weight excluding hydrogens is 363 g/mol. The molecule has 0 saturated heterocycles. The summed E-state index contributed by atoms with van der Waals surface area (Å²) in [4.78, 5) is 52.7. The third kappa shape index (κ3) is 5.82. The molecule has 9 nitrogen and oxygen atoms in total. The zero-order valence-corrected chi connectivity index (χ0v) is 14.6. The molecule has 0 aliphatic rings. The number of hydrogen-bond acceptors (Lipinski definition) is 7. The van der Waals surface area contributed by atoms with Crippen LogP contribution in [0.2, 0.25) is 0 Å². The maximum atomic E-state index is 12.4. The van der Waals surface area contributed by atoms with Crippen molar-refractivity contribution in [3.63, 3.8) is 0 Å². The van der Waals surface area contributed by atoms with Gasteiger partial charge in [-0.1, -0.05) is 0 Å². The van der Waals surface area contributed by atoms with Crippen molar-refractivity contribution >= 4 is 18.7 Å². The Morgan fingerprint density at radius 3 is 1.31 bits per heavy atom. The average molecular weight is 381 g/mol. The molecule has 0 unspecified atom stereocenters. The molecule has 2 rings (SSSR count). The predicted octanol–water partition coefficient (Wildman–Crippen LogP) is 1.93. The minimum absolute atomic E-state index is 0.0838. The van der Waals surface area contributed by atoms with Crippen LogP contribution in [0.1, 0.15) is 11.1 Å². The van der Waals surface area contributed by atoms with Crippen molar-refractivity contribution in [2.24, 2.45) is 0 Å². The van der Waals surface area contributed by atoms with Crippen LogP contribution in [0.15, 0.2) is 48.5 Å². The number of benzene rings is 2. The second-order valence-electron chi connectivity index (χ2n) is 6.09. The van der Waals surface area contributed by atoms with Gasteiger partial charge in [-0.3, -0.25) is 0 Å². The summed E-state index contributed by atoms with van der Waals surface area (Å²) < 4.78 is 0. The van der Waals surface area contributed by atoms with Crippen molar-refractivity contribution in [3.8, 4) is 0 Å². The second kappa shape index (κ2) is 7.43. The van der Waals surface area contributed by atoms with Crippen LogP contribution in [0.5, 0.6) is 0 Å². The molecule has 0 aliphatic heterocycles. The number of aryl methyl sites for hydroxylation is 2. The van der Waals surface area contributed by atoms with E-state index < -0.39 is 17.1 Å². The van der Waals surface area contributed by atoms with E-state index in [0.717, 1.165) is 0 Å². The summed E-state index contributed by atoms with van der Waals surface area (Å²) >= 11 is 0. The van der Waals surface area contributed by atoms with Gasteiger partial charge in [-0.2, -0.15) is 0 Å². The summed E-state index contributed by atoms with van der Waals surface area (Å²) in [6.07, 6.45) is -0.577. The molecule has 0 heterocycles. The number of non-ortho nitro benzene ring substituents is 2. The fourth-order valence-electron chi connectivity index (χ4n) is 2.39. The van der Waals surface area contributed by atoms with Crippen molar-refractivity contribution in [1.29, 1.82) is 0 Å². The number of nitrogens with zero attached hydrogens (tertiary/aromatic N) is 2. The molecule has 140 valence electrons. The monoisotopic (exact) mass is 381 g/mol. The number of rotatable bonds is 8. The van der Waals surface area contributed by atoms with Crippen LogP contribution < -0.4 is 4.89 Å². The molecule has 0 saturated carbocycles. The SMILES string of the molecule is O=[N+]([O-])c1ccc(CCP([O-])(O)(O)CCc2ccc([N+](=O)[O-])cc2)cc1. The van der Waals surface area contributed by atoms with Crippen LogP contribution in [0, 0.1) is 20.2 Å². The zero-order chi connectivity index (χ0) is 19.4. The molecule has 0 spiro atoms. The molecule has 26 heavy (non-hydrogen) atoms. The summed E-state index contributed by atoms with van der Waals surface area (Å²) in [7, 11) is -5.13. The van der Waals surface area contributed by atoms with Crippen molar-refractivity contribution in [2.75, 3.05) is 12.3 Å². The van der Waals surface area contributed by atoms with Gasteiger partial charge >= 0.3 is 148 Å². The molecule has 0 atom stereocenters. The number of nitro groups is 2. The Kier molecular flexibility index (Phi) is 5.68. The molecule has 2 aromatic rings. The summed E-state index contributed by atoms with van der Waals surface area (Å²) in [5, 5.41) is 21.2. The van der Waals surface area contributed by atoms with Crippen molar-refractivity contribution in [1.82, 2.24) is 0 Å². The van der Waals surface area contributed by atoms with Crippen LogP contribution in [0.25, 0.3) is 0 Å². The Labute approximate surface area is 149 Å². The first-order chi connectivity index (χ1) is 12.0. The van der Waals surface area contributed by atoms with Gasteiger partial charge in [0, 0.05) is 0 Å². The standard InChI is InChI=1S/C16H18N2O7P/c19-17(20)15-5-1-13(2-6-15)9-11-26(23,24,25)12-10-14-3-7-16(8-4-14)18(21)22/h1-8,23-24H,9-12H2/q-1. The molecule has 0 amide bonds. The van der Waals surface area contributed by atoms with Gasteiger partial charge in [0.2, 0.25) is 0 Å². The first-order valence-electron chi connectivity index (χ1n) is 7.74. The fraction of sp³-hybridized carbons (Fsp3) is 0.250. The van der Waals surface area contributed by atoms with Gasteiger partial charge < -0.3 is 0 Å². The molecule has 0 aromatic heterocycles. The van der Waals surface area contributed by atoms with E-state index in [-0.39, 0.29) is 36.5 Å². The topological polar surface area (TPSA) is 150 Å². The number of nitro benzene ring substituents is 2. The summed E-state index contributed by atoms with van der Waals surface area (Å²) in [5.41, 5.74) is 1.02. The van der Waals surface area contributed by atoms with Gasteiger partial charge in [0.15, 0.2) is 0 Å². The zero-order valence-electron chi connectivity index (χ0n) is 13.7. The summed E-state index contributed by atoms with van der Waals surface area (Å²) in [6, 6.07) is 11.1. The molecule has 10 heteroatoms. The van der Waals surface area contributed by atoms with E-state index in [1.807, 2.05) is 0 Å². The Balaban J connectivity index is 1.95. The molecule has 2 aromatic carbocycles. The van der Waals surface area contributed by atoms with Crippen molar-refractivity contribution < 1.29 is 24.5 Å². The quantitative estimate of drug-likeness (QED) is 0.403. The van der Waals surface area contributed by atoms with Crippen LogP contribution in [-0.2, 0) is 12.8 Å². The Morgan fingerprint density at radius 1 is 0.731 bits per heavy atom. The summed E-state index contributed by atoms with van der Waals surface area (Å²) in [5.74, 6) is 0. The molecule has 0 radical (unpaired) electrons. The van der Waals surface area contributed by atoms with Gasteiger partial charge in [-0.25, -0.2) is 0 Å². The molecule has 0 aliphatic carbocycles. The molecule has 0 bridgehead atoms. The van der Waals surface area contributed by atoms with Gasteiger partial charge in [-0.05, 0) is 0 Å². The van der Waals surface area contributed by atoms with Crippen LogP contribution >= 0.6 is 7.28 Å². The Hall–Kier alpha value is -2.45. The van der Waals surface area contributed by atoms with Crippen molar-refractivity contribution in [3.05, 3.63) is 79.9 Å². The van der Waals surface area contributed by atoms with E-state index in [0.29, 0.717) is 11.1 Å². The van der Waals surface area contributed by atoms with Gasteiger partial charge in [0.1, 0.15) is 0 Å². The molecular formula is C16H18N2O7P-. The van der Waals surface area contributed by atoms with E-state index in [4.69, 9.17) is 0 Å². The van der Waals surface area contributed by atoms with Crippen LogP contribution in [-0.4, -0.2) is 32.0 Å². The Morgan fingerprint density at radius 2 is 1.04 bits per heavy atom. The van der Waals surface area contributed by atoms with E-state index in [1.165, 1.54) is 48.5 Å². The fourth-order valence-corrected chi connectivity index (χ4v) is 4.03. The van der Waals surface area contributed by atoms with Crippen LogP contribution in [0.4, 0.5) is 11.4 Å². The predicted molar refractivity (Wildman–Crippen MR) is 94.7 cm³/mol. The minimum atomic E-state index is -5.13. The normalized spacial score (nSPS) is 13.0. The van der Waals surface area contributed by atoms with E-state index in [2.05, 4.69) is 0 Å². The first-order valence-corrected chi connectivity index (χ1v) is 10.2. The first kappa shape index (κ1) is 19.9. The van der Waals surface area contributed by atoms with Gasteiger partial charge in [-0.15, -0.1) is 0 Å². The second-order valence-corrected chi connectivity index (χ2v) is 9.59. The average Bonchev–Trinajstić information content (AvgIpc) is 2.59. The third-order valence-corrected chi connectivity index (χ3v) is 6.24. The number of hydrogen-bond donors (Lipinski definition) is 2.